The van der Waals surface area contributed by atoms with Crippen molar-refractivity contribution in [2.24, 2.45) is 0 Å². The van der Waals surface area contributed by atoms with Crippen LogP contribution in [0, 0.1) is 11.6 Å². The van der Waals surface area contributed by atoms with Gasteiger partial charge in [0, 0.05) is 24.8 Å². The van der Waals surface area contributed by atoms with Crippen LogP contribution >= 0.6 is 11.6 Å². The average molecular weight is 312 g/mol. The Morgan fingerprint density at radius 3 is 2.52 bits per heavy atom. The number of nitrogens with one attached hydrogen (secondary N) is 1. The molecule has 1 fully saturated rings. The highest BCUT2D eigenvalue weighted by Gasteiger charge is 2.17. The molecule has 1 N–H and O–H groups in total. The van der Waals surface area contributed by atoms with Crippen LogP contribution in [0.2, 0.25) is 5.28 Å². The fourth-order valence-electron chi connectivity index (χ4n) is 2.16. The Hall–Kier alpha value is -2.02. The van der Waals surface area contributed by atoms with E-state index in [2.05, 4.69) is 20.3 Å². The van der Waals surface area contributed by atoms with Gasteiger partial charge in [0.2, 0.25) is 17.2 Å². The summed E-state index contributed by atoms with van der Waals surface area (Å²) in [7, 11) is 0. The van der Waals surface area contributed by atoms with Gasteiger partial charge in [0.1, 0.15) is 0 Å². The minimum Gasteiger partial charge on any atom is -0.341 e. The smallest absolute Gasteiger partial charge is 0.233 e. The Labute approximate surface area is 125 Å². The first-order chi connectivity index (χ1) is 10.1. The largest absolute Gasteiger partial charge is 0.341 e. The van der Waals surface area contributed by atoms with E-state index in [0.29, 0.717) is 11.6 Å². The van der Waals surface area contributed by atoms with E-state index < -0.39 is 11.6 Å². The van der Waals surface area contributed by atoms with E-state index in [9.17, 15) is 8.78 Å². The van der Waals surface area contributed by atoms with E-state index >= 15 is 0 Å². The topological polar surface area (TPSA) is 53.9 Å². The molecular weight excluding hydrogens is 300 g/mol. The third-order valence-electron chi connectivity index (χ3n) is 3.16. The van der Waals surface area contributed by atoms with Gasteiger partial charge in [-0.1, -0.05) is 0 Å². The molecule has 2 aromatic rings. The fraction of sp³-hybridized carbons (Fsp3) is 0.308. The summed E-state index contributed by atoms with van der Waals surface area (Å²) < 4.78 is 26.1. The maximum absolute atomic E-state index is 13.2. The molecule has 1 aliphatic rings. The van der Waals surface area contributed by atoms with Gasteiger partial charge in [0.15, 0.2) is 11.6 Å². The van der Waals surface area contributed by atoms with Gasteiger partial charge in [-0.25, -0.2) is 8.78 Å². The van der Waals surface area contributed by atoms with E-state index in [4.69, 9.17) is 11.6 Å². The summed E-state index contributed by atoms with van der Waals surface area (Å²) in [5.74, 6) is -1.17. The highest BCUT2D eigenvalue weighted by atomic mass is 35.5. The zero-order valence-corrected chi connectivity index (χ0v) is 11.7. The molecule has 2 heterocycles. The zero-order chi connectivity index (χ0) is 14.8. The summed E-state index contributed by atoms with van der Waals surface area (Å²) in [5, 5.41) is 2.85. The van der Waals surface area contributed by atoms with Gasteiger partial charge in [-0.2, -0.15) is 15.0 Å². The Bertz CT molecular complexity index is 661. The number of aromatic nitrogens is 3. The van der Waals surface area contributed by atoms with Gasteiger partial charge in [0.25, 0.3) is 0 Å². The van der Waals surface area contributed by atoms with Gasteiger partial charge < -0.3 is 10.2 Å². The summed E-state index contributed by atoms with van der Waals surface area (Å²) in [4.78, 5) is 14.3. The van der Waals surface area contributed by atoms with Crippen molar-refractivity contribution in [1.82, 2.24) is 15.0 Å². The van der Waals surface area contributed by atoms with Crippen LogP contribution in [-0.4, -0.2) is 28.0 Å². The molecule has 1 aromatic heterocycles. The lowest BCUT2D eigenvalue weighted by Crippen LogP contribution is -2.21. The number of nitrogens with zero attached hydrogens (tertiary/aromatic N) is 4. The lowest BCUT2D eigenvalue weighted by atomic mass is 10.3. The van der Waals surface area contributed by atoms with Crippen molar-refractivity contribution in [3.63, 3.8) is 0 Å². The minimum absolute atomic E-state index is 0.0528. The Balaban J connectivity index is 1.85. The highest BCUT2D eigenvalue weighted by Crippen LogP contribution is 2.21. The Morgan fingerprint density at radius 1 is 1.05 bits per heavy atom. The molecule has 1 saturated heterocycles. The van der Waals surface area contributed by atoms with Crippen molar-refractivity contribution < 1.29 is 8.78 Å². The highest BCUT2D eigenvalue weighted by molar-refractivity contribution is 6.28. The van der Waals surface area contributed by atoms with Crippen molar-refractivity contribution in [3.8, 4) is 0 Å². The molecule has 0 bridgehead atoms. The predicted molar refractivity (Wildman–Crippen MR) is 75.9 cm³/mol. The van der Waals surface area contributed by atoms with Crippen LogP contribution in [-0.2, 0) is 0 Å². The second kappa shape index (κ2) is 5.77. The minimum atomic E-state index is -0.945. The summed E-state index contributed by atoms with van der Waals surface area (Å²) in [6, 6.07) is 3.45. The summed E-state index contributed by atoms with van der Waals surface area (Å²) in [6.45, 7) is 1.73. The summed E-state index contributed by atoms with van der Waals surface area (Å²) in [5.41, 5.74) is 0.337. The van der Waals surface area contributed by atoms with Gasteiger partial charge in [0.05, 0.1) is 0 Å². The number of halogens is 3. The van der Waals surface area contributed by atoms with Crippen molar-refractivity contribution >= 4 is 29.2 Å². The van der Waals surface area contributed by atoms with Crippen LogP contribution in [0.3, 0.4) is 0 Å². The van der Waals surface area contributed by atoms with Crippen LogP contribution in [0.5, 0.6) is 0 Å². The second-order valence-corrected chi connectivity index (χ2v) is 5.01. The van der Waals surface area contributed by atoms with Crippen LogP contribution in [0.4, 0.5) is 26.4 Å². The molecule has 0 spiro atoms. The van der Waals surface area contributed by atoms with E-state index in [1.165, 1.54) is 6.07 Å². The molecule has 1 aromatic carbocycles. The molecule has 21 heavy (non-hydrogen) atoms. The number of hydrogen-bond acceptors (Lipinski definition) is 5. The summed E-state index contributed by atoms with van der Waals surface area (Å²) >= 11 is 5.89. The lowest BCUT2D eigenvalue weighted by Gasteiger charge is -2.15. The molecule has 0 unspecified atom stereocenters. The Kier molecular flexibility index (Phi) is 3.83. The number of benzene rings is 1. The molecule has 3 rings (SSSR count). The van der Waals surface area contributed by atoms with Gasteiger partial charge >= 0.3 is 0 Å². The van der Waals surface area contributed by atoms with Crippen molar-refractivity contribution in [2.75, 3.05) is 23.3 Å². The third-order valence-corrected chi connectivity index (χ3v) is 3.33. The normalized spacial score (nSPS) is 14.5. The SMILES string of the molecule is Fc1ccc(Nc2nc(Cl)nc(N3CCCC3)n2)cc1F. The predicted octanol–water partition coefficient (Wildman–Crippen LogP) is 3.15. The van der Waals surface area contributed by atoms with Gasteiger partial charge in [-0.05, 0) is 36.6 Å². The van der Waals surface area contributed by atoms with E-state index in [1.54, 1.807) is 0 Å². The van der Waals surface area contributed by atoms with E-state index in [-0.39, 0.29) is 11.2 Å². The maximum atomic E-state index is 13.2. The average Bonchev–Trinajstić information content (AvgIpc) is 2.96. The van der Waals surface area contributed by atoms with Crippen LogP contribution in [0.1, 0.15) is 12.8 Å². The quantitative estimate of drug-likeness (QED) is 0.943. The number of hydrogen-bond donors (Lipinski definition) is 1. The third kappa shape index (κ3) is 3.18. The first kappa shape index (κ1) is 13.9. The van der Waals surface area contributed by atoms with Crippen molar-refractivity contribution in [3.05, 3.63) is 35.1 Å². The molecule has 0 saturated carbocycles. The maximum Gasteiger partial charge on any atom is 0.233 e. The zero-order valence-electron chi connectivity index (χ0n) is 11.0. The number of anilines is 3. The monoisotopic (exact) mass is 311 g/mol. The van der Waals surface area contributed by atoms with E-state index in [1.807, 2.05) is 4.90 Å². The van der Waals surface area contributed by atoms with E-state index in [0.717, 1.165) is 38.1 Å². The first-order valence-electron chi connectivity index (χ1n) is 6.50. The first-order valence-corrected chi connectivity index (χ1v) is 6.88. The molecular formula is C13H12ClF2N5. The second-order valence-electron chi connectivity index (χ2n) is 4.68. The fourth-order valence-corrected chi connectivity index (χ4v) is 2.31. The molecule has 0 radical (unpaired) electrons. The molecule has 0 aliphatic carbocycles. The number of rotatable bonds is 3. The molecule has 0 atom stereocenters. The molecule has 1 aliphatic heterocycles. The molecule has 0 amide bonds. The summed E-state index contributed by atoms with van der Waals surface area (Å²) in [6.07, 6.45) is 2.16. The van der Waals surface area contributed by atoms with Gasteiger partial charge in [-0.3, -0.25) is 0 Å². The standard InChI is InChI=1S/C13H12ClF2N5/c14-11-18-12(17-8-3-4-9(15)10(16)7-8)20-13(19-11)21-5-1-2-6-21/h3-4,7H,1-2,5-6H2,(H,17,18,19,20). The van der Waals surface area contributed by atoms with Crippen molar-refractivity contribution in [1.29, 1.82) is 0 Å². The van der Waals surface area contributed by atoms with Crippen LogP contribution in [0.25, 0.3) is 0 Å². The van der Waals surface area contributed by atoms with Gasteiger partial charge in [-0.15, -0.1) is 0 Å². The molecule has 5 nitrogen and oxygen atoms in total. The Morgan fingerprint density at radius 2 is 1.81 bits per heavy atom. The lowest BCUT2D eigenvalue weighted by molar-refractivity contribution is 0.509. The van der Waals surface area contributed by atoms with Crippen LogP contribution in [0.15, 0.2) is 18.2 Å². The van der Waals surface area contributed by atoms with Crippen LogP contribution < -0.4 is 10.2 Å². The van der Waals surface area contributed by atoms with Crippen molar-refractivity contribution in [2.45, 2.75) is 12.8 Å². The molecule has 110 valence electrons. The molecule has 8 heteroatoms.